The van der Waals surface area contributed by atoms with Gasteiger partial charge in [-0.25, -0.2) is 4.98 Å². The van der Waals surface area contributed by atoms with Gasteiger partial charge in [-0.1, -0.05) is 5.16 Å². The van der Waals surface area contributed by atoms with E-state index in [4.69, 9.17) is 4.52 Å². The fourth-order valence-corrected chi connectivity index (χ4v) is 2.24. The molecule has 2 amide bonds. The number of hydrogen-bond acceptors (Lipinski definition) is 5. The van der Waals surface area contributed by atoms with Crippen molar-refractivity contribution >= 4 is 18.1 Å². The number of anilines is 1. The molecule has 0 aliphatic carbocycles. The minimum Gasteiger partial charge on any atom is -0.361 e. The number of rotatable bonds is 8. The van der Waals surface area contributed by atoms with Crippen LogP contribution in [0.3, 0.4) is 0 Å². The second kappa shape index (κ2) is 7.57. The van der Waals surface area contributed by atoms with Gasteiger partial charge in [-0.2, -0.15) is 0 Å². The van der Waals surface area contributed by atoms with E-state index in [9.17, 15) is 9.59 Å². The van der Waals surface area contributed by atoms with Crippen LogP contribution in [-0.4, -0.2) is 53.0 Å². The zero-order valence-corrected chi connectivity index (χ0v) is 13.6. The minimum atomic E-state index is -0.193. The quantitative estimate of drug-likeness (QED) is 0.586. The third-order valence-corrected chi connectivity index (χ3v) is 3.52. The maximum Gasteiger partial charge on any atom is 0.273 e. The number of aryl methyl sites for hydroxylation is 2. The highest BCUT2D eigenvalue weighted by Crippen LogP contribution is 2.15. The van der Waals surface area contributed by atoms with Crippen LogP contribution in [0.1, 0.15) is 34.8 Å². The van der Waals surface area contributed by atoms with Gasteiger partial charge < -0.3 is 19.3 Å². The second-order valence-corrected chi connectivity index (χ2v) is 5.44. The highest BCUT2D eigenvalue weighted by Gasteiger charge is 2.20. The highest BCUT2D eigenvalue weighted by molar-refractivity contribution is 5.98. The lowest BCUT2D eigenvalue weighted by Gasteiger charge is -2.18. The van der Waals surface area contributed by atoms with Crippen LogP contribution in [0.25, 0.3) is 0 Å². The zero-order valence-electron chi connectivity index (χ0n) is 13.6. The smallest absolute Gasteiger partial charge is 0.273 e. The Morgan fingerprint density at radius 3 is 2.83 bits per heavy atom. The summed E-state index contributed by atoms with van der Waals surface area (Å²) in [6.45, 7) is 2.49. The minimum absolute atomic E-state index is 0.193. The molecular weight excluding hydrogens is 298 g/mol. The first kappa shape index (κ1) is 16.7. The molecule has 0 aliphatic rings. The highest BCUT2D eigenvalue weighted by atomic mass is 16.5. The summed E-state index contributed by atoms with van der Waals surface area (Å²) in [5, 5.41) is 3.84. The standard InChI is InChI=1S/C15H21N5O3/c1-11-8-12(23-18-11)6-4-5-7-19(2)15(22)13-14(17-9-16-13)20(3)10-21/h8-10H,4-7H2,1-3H3,(H,16,17). The van der Waals surface area contributed by atoms with Crippen molar-refractivity contribution in [3.05, 3.63) is 29.5 Å². The lowest BCUT2D eigenvalue weighted by atomic mass is 10.2. The van der Waals surface area contributed by atoms with Gasteiger partial charge in [0, 0.05) is 33.1 Å². The third-order valence-electron chi connectivity index (χ3n) is 3.52. The molecule has 0 saturated heterocycles. The molecule has 1 N–H and O–H groups in total. The molecule has 0 atom stereocenters. The van der Waals surface area contributed by atoms with Crippen LogP contribution in [-0.2, 0) is 11.2 Å². The lowest BCUT2D eigenvalue weighted by molar-refractivity contribution is -0.107. The number of imidazole rings is 1. The normalized spacial score (nSPS) is 10.6. The number of carbonyl (C=O) groups is 2. The van der Waals surface area contributed by atoms with E-state index in [-0.39, 0.29) is 5.91 Å². The molecule has 0 aliphatic heterocycles. The van der Waals surface area contributed by atoms with Gasteiger partial charge in [-0.15, -0.1) is 0 Å². The number of hydrogen-bond donors (Lipinski definition) is 1. The van der Waals surface area contributed by atoms with Gasteiger partial charge in [0.2, 0.25) is 6.41 Å². The topological polar surface area (TPSA) is 95.3 Å². The van der Waals surface area contributed by atoms with E-state index in [0.717, 1.165) is 30.7 Å². The van der Waals surface area contributed by atoms with Crippen LogP contribution in [0, 0.1) is 6.92 Å². The SMILES string of the molecule is Cc1cc(CCCCN(C)C(=O)c2[nH]cnc2N(C)C=O)on1. The monoisotopic (exact) mass is 319 g/mol. The molecule has 0 bridgehead atoms. The first-order chi connectivity index (χ1) is 11.0. The Hall–Kier alpha value is -2.64. The van der Waals surface area contributed by atoms with Crippen LogP contribution in [0.15, 0.2) is 16.9 Å². The fraction of sp³-hybridized carbons (Fsp3) is 0.467. The number of amides is 2. The van der Waals surface area contributed by atoms with Crippen molar-refractivity contribution in [1.82, 2.24) is 20.0 Å². The summed E-state index contributed by atoms with van der Waals surface area (Å²) in [7, 11) is 3.28. The van der Waals surface area contributed by atoms with E-state index in [1.54, 1.807) is 19.0 Å². The molecule has 0 fully saturated rings. The number of nitrogens with one attached hydrogen (secondary N) is 1. The number of carbonyl (C=O) groups excluding carboxylic acids is 2. The van der Waals surface area contributed by atoms with Crippen molar-refractivity contribution in [3.63, 3.8) is 0 Å². The second-order valence-electron chi connectivity index (χ2n) is 5.44. The van der Waals surface area contributed by atoms with Crippen LogP contribution < -0.4 is 4.90 Å². The van der Waals surface area contributed by atoms with Crippen molar-refractivity contribution in [2.75, 3.05) is 25.5 Å². The summed E-state index contributed by atoms with van der Waals surface area (Å²) in [5.74, 6) is 0.996. The summed E-state index contributed by atoms with van der Waals surface area (Å²) in [6.07, 6.45) is 4.56. The van der Waals surface area contributed by atoms with Gasteiger partial charge in [0.15, 0.2) is 5.82 Å². The number of aromatic nitrogens is 3. The van der Waals surface area contributed by atoms with E-state index >= 15 is 0 Å². The molecule has 2 aromatic rings. The molecule has 0 radical (unpaired) electrons. The molecular formula is C15H21N5O3. The molecule has 8 heteroatoms. The largest absolute Gasteiger partial charge is 0.361 e. The van der Waals surface area contributed by atoms with Crippen LogP contribution >= 0.6 is 0 Å². The first-order valence-corrected chi connectivity index (χ1v) is 7.42. The molecule has 0 spiro atoms. The van der Waals surface area contributed by atoms with Gasteiger partial charge in [-0.05, 0) is 19.8 Å². The number of H-pyrrole nitrogens is 1. The lowest BCUT2D eigenvalue weighted by Crippen LogP contribution is -2.30. The van der Waals surface area contributed by atoms with Gasteiger partial charge in [0.05, 0.1) is 12.0 Å². The average molecular weight is 319 g/mol. The Labute approximate surface area is 134 Å². The molecule has 2 aromatic heterocycles. The zero-order chi connectivity index (χ0) is 16.8. The van der Waals surface area contributed by atoms with E-state index in [2.05, 4.69) is 15.1 Å². The van der Waals surface area contributed by atoms with E-state index < -0.39 is 0 Å². The maximum atomic E-state index is 12.4. The summed E-state index contributed by atoms with van der Waals surface area (Å²) in [6, 6.07) is 1.92. The molecule has 124 valence electrons. The third kappa shape index (κ3) is 4.18. The van der Waals surface area contributed by atoms with Gasteiger partial charge in [0.25, 0.3) is 5.91 Å². The van der Waals surface area contributed by atoms with Gasteiger partial charge in [0.1, 0.15) is 11.5 Å². The Bertz CT molecular complexity index is 664. The van der Waals surface area contributed by atoms with Crippen LogP contribution in [0.4, 0.5) is 5.82 Å². The number of nitrogens with zero attached hydrogens (tertiary/aromatic N) is 4. The van der Waals surface area contributed by atoms with Crippen molar-refractivity contribution in [1.29, 1.82) is 0 Å². The Morgan fingerprint density at radius 2 is 2.17 bits per heavy atom. The van der Waals surface area contributed by atoms with Gasteiger partial charge in [-0.3, -0.25) is 9.59 Å². The summed E-state index contributed by atoms with van der Waals surface area (Å²) in [4.78, 5) is 32.9. The van der Waals surface area contributed by atoms with Crippen LogP contribution in [0.2, 0.25) is 0 Å². The molecule has 23 heavy (non-hydrogen) atoms. The predicted molar refractivity (Wildman–Crippen MR) is 84.2 cm³/mol. The van der Waals surface area contributed by atoms with E-state index in [1.165, 1.54) is 11.2 Å². The van der Waals surface area contributed by atoms with E-state index in [0.29, 0.717) is 24.5 Å². The number of unbranched alkanes of at least 4 members (excludes halogenated alkanes) is 1. The van der Waals surface area contributed by atoms with E-state index in [1.807, 2.05) is 13.0 Å². The molecule has 2 heterocycles. The van der Waals surface area contributed by atoms with Crippen molar-refractivity contribution in [2.45, 2.75) is 26.2 Å². The average Bonchev–Trinajstić information content (AvgIpc) is 3.18. The molecule has 0 aromatic carbocycles. The summed E-state index contributed by atoms with van der Waals surface area (Å²) in [5.41, 5.74) is 1.19. The van der Waals surface area contributed by atoms with Gasteiger partial charge >= 0.3 is 0 Å². The predicted octanol–water partition coefficient (Wildman–Crippen LogP) is 1.39. The van der Waals surface area contributed by atoms with Crippen molar-refractivity contribution in [3.8, 4) is 0 Å². The maximum absolute atomic E-state index is 12.4. The summed E-state index contributed by atoms with van der Waals surface area (Å²) < 4.78 is 5.15. The Balaban J connectivity index is 1.83. The summed E-state index contributed by atoms with van der Waals surface area (Å²) >= 11 is 0. The molecule has 8 nitrogen and oxygen atoms in total. The molecule has 0 unspecified atom stereocenters. The number of aromatic amines is 1. The first-order valence-electron chi connectivity index (χ1n) is 7.42. The molecule has 2 rings (SSSR count). The Kier molecular flexibility index (Phi) is 5.51. The van der Waals surface area contributed by atoms with Crippen molar-refractivity contribution in [2.24, 2.45) is 0 Å². The molecule has 0 saturated carbocycles. The van der Waals surface area contributed by atoms with Crippen molar-refractivity contribution < 1.29 is 14.1 Å². The fourth-order valence-electron chi connectivity index (χ4n) is 2.24. The Morgan fingerprint density at radius 1 is 1.39 bits per heavy atom. The van der Waals surface area contributed by atoms with Crippen LogP contribution in [0.5, 0.6) is 0 Å².